The highest BCUT2D eigenvalue weighted by atomic mass is 32.2. The fourth-order valence-corrected chi connectivity index (χ4v) is 5.49. The van der Waals surface area contributed by atoms with Crippen molar-refractivity contribution < 1.29 is 13.2 Å². The molecule has 1 N–H and O–H groups in total. The molecule has 1 fully saturated rings. The van der Waals surface area contributed by atoms with Crippen LogP contribution in [0.5, 0.6) is 0 Å². The molecule has 174 valence electrons. The predicted molar refractivity (Wildman–Crippen MR) is 128 cm³/mol. The zero-order valence-corrected chi connectivity index (χ0v) is 20.1. The van der Waals surface area contributed by atoms with Crippen molar-refractivity contribution in [2.24, 2.45) is 5.92 Å². The maximum Gasteiger partial charge on any atom is 0.243 e. The minimum Gasteiger partial charge on any atom is -0.355 e. The first-order valence-electron chi connectivity index (χ1n) is 11.4. The van der Waals surface area contributed by atoms with E-state index in [1.165, 1.54) is 9.87 Å². The molecular weight excluding hydrogens is 422 g/mol. The van der Waals surface area contributed by atoms with Crippen molar-refractivity contribution >= 4 is 15.9 Å². The summed E-state index contributed by atoms with van der Waals surface area (Å²) < 4.78 is 27.4. The predicted octanol–water partition coefficient (Wildman–Crippen LogP) is 3.46. The highest BCUT2D eigenvalue weighted by Crippen LogP contribution is 2.25. The molecule has 3 rings (SSSR count). The Morgan fingerprint density at radius 2 is 1.69 bits per heavy atom. The van der Waals surface area contributed by atoms with Crippen LogP contribution in [-0.2, 0) is 21.4 Å². The third kappa shape index (κ3) is 6.40. The zero-order valence-electron chi connectivity index (χ0n) is 19.3. The molecule has 0 saturated carbocycles. The van der Waals surface area contributed by atoms with E-state index in [4.69, 9.17) is 0 Å². The number of sulfonamides is 1. The van der Waals surface area contributed by atoms with Gasteiger partial charge in [0, 0.05) is 38.6 Å². The Morgan fingerprint density at radius 1 is 1.06 bits per heavy atom. The average Bonchev–Trinajstić information content (AvgIpc) is 2.79. The van der Waals surface area contributed by atoms with Gasteiger partial charge in [-0.05, 0) is 49.1 Å². The first kappa shape index (κ1) is 24.4. The Morgan fingerprint density at radius 3 is 2.28 bits per heavy atom. The Hall–Kier alpha value is -2.22. The van der Waals surface area contributed by atoms with Crippen molar-refractivity contribution in [3.05, 3.63) is 65.7 Å². The van der Waals surface area contributed by atoms with Crippen LogP contribution in [0.3, 0.4) is 0 Å². The molecule has 0 unspecified atom stereocenters. The molecule has 32 heavy (non-hydrogen) atoms. The highest BCUT2D eigenvalue weighted by Gasteiger charge is 2.32. The molecule has 6 nitrogen and oxygen atoms in total. The molecule has 1 saturated heterocycles. The second kappa shape index (κ2) is 11.1. The smallest absolute Gasteiger partial charge is 0.243 e. The fourth-order valence-electron chi connectivity index (χ4n) is 4.02. The van der Waals surface area contributed by atoms with Crippen LogP contribution in [0.1, 0.15) is 43.7 Å². The molecule has 7 heteroatoms. The Labute approximate surface area is 192 Å². The van der Waals surface area contributed by atoms with Crippen LogP contribution >= 0.6 is 0 Å². The van der Waals surface area contributed by atoms with Gasteiger partial charge < -0.3 is 10.2 Å². The molecule has 0 bridgehead atoms. The number of benzene rings is 2. The van der Waals surface area contributed by atoms with E-state index in [1.54, 1.807) is 12.1 Å². The van der Waals surface area contributed by atoms with Crippen LogP contribution in [0.25, 0.3) is 0 Å². The lowest BCUT2D eigenvalue weighted by molar-refractivity contribution is -0.126. The zero-order chi connectivity index (χ0) is 23.1. The number of carbonyl (C=O) groups is 1. The Bertz CT molecular complexity index is 967. The number of hydrogen-bond acceptors (Lipinski definition) is 4. The normalized spacial score (nSPS) is 15.9. The number of rotatable bonds is 9. The van der Waals surface area contributed by atoms with Crippen molar-refractivity contribution in [1.82, 2.24) is 14.5 Å². The van der Waals surface area contributed by atoms with E-state index in [1.807, 2.05) is 37.4 Å². The van der Waals surface area contributed by atoms with Crippen LogP contribution in [0.2, 0.25) is 0 Å². The van der Waals surface area contributed by atoms with Crippen molar-refractivity contribution in [2.45, 2.75) is 44.0 Å². The lowest BCUT2D eigenvalue weighted by Crippen LogP contribution is -2.44. The largest absolute Gasteiger partial charge is 0.355 e. The highest BCUT2D eigenvalue weighted by molar-refractivity contribution is 7.89. The third-order valence-electron chi connectivity index (χ3n) is 6.10. The maximum atomic E-state index is 13.0. The van der Waals surface area contributed by atoms with Gasteiger partial charge in [-0.2, -0.15) is 4.31 Å². The number of carbonyl (C=O) groups excluding carboxylic acids is 1. The minimum absolute atomic E-state index is 0.0245. The molecule has 2 aromatic rings. The van der Waals surface area contributed by atoms with Crippen LogP contribution in [-0.4, -0.2) is 56.8 Å². The molecule has 1 aliphatic heterocycles. The number of likely N-dealkylation sites (N-methyl/N-ethyl adjacent to an activating group) is 1. The summed E-state index contributed by atoms with van der Waals surface area (Å²) in [5.74, 6) is 0.250. The number of hydrogen-bond donors (Lipinski definition) is 1. The quantitative estimate of drug-likeness (QED) is 0.626. The fraction of sp³-hybridized carbons (Fsp3) is 0.480. The molecule has 0 spiro atoms. The molecule has 0 radical (unpaired) electrons. The first-order valence-corrected chi connectivity index (χ1v) is 12.8. The van der Waals surface area contributed by atoms with E-state index in [2.05, 4.69) is 36.2 Å². The van der Waals surface area contributed by atoms with Gasteiger partial charge in [0.05, 0.1) is 4.90 Å². The Kier molecular flexibility index (Phi) is 8.45. The van der Waals surface area contributed by atoms with Gasteiger partial charge in [-0.1, -0.05) is 56.3 Å². The van der Waals surface area contributed by atoms with Crippen LogP contribution in [0.4, 0.5) is 0 Å². The van der Waals surface area contributed by atoms with E-state index >= 15 is 0 Å². The first-order chi connectivity index (χ1) is 15.3. The lowest BCUT2D eigenvalue weighted by Gasteiger charge is -2.30. The van der Waals surface area contributed by atoms with Crippen LogP contribution in [0, 0.1) is 5.92 Å². The van der Waals surface area contributed by atoms with Gasteiger partial charge in [-0.15, -0.1) is 0 Å². The standard InChI is InChI=1S/C25H35N3O3S/c1-20(2)22-9-11-24(12-10-22)32(30,31)28-16-13-23(14-17-28)25(29)26-15-18-27(3)19-21-7-5-4-6-8-21/h4-12,20,23H,13-19H2,1-3H3,(H,26,29). The summed E-state index contributed by atoms with van der Waals surface area (Å²) in [4.78, 5) is 15.1. The number of piperidine rings is 1. The van der Waals surface area contributed by atoms with E-state index < -0.39 is 10.0 Å². The number of nitrogens with one attached hydrogen (secondary N) is 1. The summed E-state index contributed by atoms with van der Waals surface area (Å²) in [6, 6.07) is 17.4. The summed E-state index contributed by atoms with van der Waals surface area (Å²) in [6.45, 7) is 7.11. The van der Waals surface area contributed by atoms with E-state index in [0.717, 1.165) is 18.7 Å². The lowest BCUT2D eigenvalue weighted by atomic mass is 9.97. The summed E-state index contributed by atoms with van der Waals surface area (Å²) in [5, 5.41) is 3.02. The van der Waals surface area contributed by atoms with E-state index in [0.29, 0.717) is 43.3 Å². The Balaban J connectivity index is 1.43. The molecule has 0 atom stereocenters. The van der Waals surface area contributed by atoms with Crippen molar-refractivity contribution in [3.63, 3.8) is 0 Å². The molecule has 1 aliphatic rings. The molecule has 1 amide bonds. The summed E-state index contributed by atoms with van der Waals surface area (Å²) in [6.07, 6.45) is 1.10. The number of nitrogens with zero attached hydrogens (tertiary/aromatic N) is 2. The van der Waals surface area contributed by atoms with Gasteiger partial charge in [0.25, 0.3) is 0 Å². The topological polar surface area (TPSA) is 69.7 Å². The second-order valence-corrected chi connectivity index (χ2v) is 10.9. The SMILES string of the molecule is CC(C)c1ccc(S(=O)(=O)N2CCC(C(=O)NCCN(C)Cc3ccccc3)CC2)cc1. The summed E-state index contributed by atoms with van der Waals surface area (Å²) in [5.41, 5.74) is 2.36. The monoisotopic (exact) mass is 457 g/mol. The molecule has 2 aromatic carbocycles. The van der Waals surface area contributed by atoms with Crippen molar-refractivity contribution in [2.75, 3.05) is 33.2 Å². The minimum atomic E-state index is -3.52. The van der Waals surface area contributed by atoms with Crippen molar-refractivity contribution in [1.29, 1.82) is 0 Å². The number of amides is 1. The van der Waals surface area contributed by atoms with Gasteiger partial charge in [0.15, 0.2) is 0 Å². The van der Waals surface area contributed by atoms with E-state index in [9.17, 15) is 13.2 Å². The van der Waals surface area contributed by atoms with Gasteiger partial charge in [-0.25, -0.2) is 8.42 Å². The summed E-state index contributed by atoms with van der Waals surface area (Å²) >= 11 is 0. The van der Waals surface area contributed by atoms with Crippen LogP contribution < -0.4 is 5.32 Å². The molecule has 0 aliphatic carbocycles. The maximum absolute atomic E-state index is 13.0. The van der Waals surface area contributed by atoms with Crippen LogP contribution in [0.15, 0.2) is 59.5 Å². The van der Waals surface area contributed by atoms with E-state index in [-0.39, 0.29) is 11.8 Å². The van der Waals surface area contributed by atoms with Gasteiger partial charge in [0.2, 0.25) is 15.9 Å². The second-order valence-electron chi connectivity index (χ2n) is 8.92. The van der Waals surface area contributed by atoms with Gasteiger partial charge in [0.1, 0.15) is 0 Å². The van der Waals surface area contributed by atoms with Crippen molar-refractivity contribution in [3.8, 4) is 0 Å². The van der Waals surface area contributed by atoms with Gasteiger partial charge >= 0.3 is 0 Å². The molecule has 1 heterocycles. The molecular formula is C25H35N3O3S. The summed E-state index contributed by atoms with van der Waals surface area (Å²) in [7, 11) is -1.48. The van der Waals surface area contributed by atoms with Gasteiger partial charge in [-0.3, -0.25) is 4.79 Å². The third-order valence-corrected chi connectivity index (χ3v) is 8.01. The average molecular weight is 458 g/mol. The molecule has 0 aromatic heterocycles.